The lowest BCUT2D eigenvalue weighted by atomic mass is 10.2. The standard InChI is InChI=1S/C10H13BrN2O2/c1-7-10(11)8(6-14)13(12-7)9-4-2-3-5-15-9/h6,9H,2-5H2,1H3. The van der Waals surface area contributed by atoms with Gasteiger partial charge in [0, 0.05) is 6.61 Å². The number of aromatic nitrogens is 2. The predicted molar refractivity (Wildman–Crippen MR) is 58.9 cm³/mol. The van der Waals surface area contributed by atoms with Crippen molar-refractivity contribution in [3.05, 3.63) is 15.9 Å². The molecule has 5 heteroatoms. The fraction of sp³-hybridized carbons (Fsp3) is 0.600. The number of carbonyl (C=O) groups is 1. The maximum Gasteiger partial charge on any atom is 0.169 e. The summed E-state index contributed by atoms with van der Waals surface area (Å²) in [5.41, 5.74) is 1.39. The Kier molecular flexibility index (Phi) is 3.21. The summed E-state index contributed by atoms with van der Waals surface area (Å²) in [6.07, 6.45) is 3.88. The molecule has 1 aromatic heterocycles. The second-order valence-electron chi connectivity index (χ2n) is 3.67. The smallest absolute Gasteiger partial charge is 0.169 e. The third kappa shape index (κ3) is 1.99. The Morgan fingerprint density at radius 1 is 1.60 bits per heavy atom. The minimum absolute atomic E-state index is 0.0797. The molecule has 0 aromatic carbocycles. The van der Waals surface area contributed by atoms with E-state index in [1.54, 1.807) is 4.68 Å². The van der Waals surface area contributed by atoms with Gasteiger partial charge in [0.05, 0.1) is 10.2 Å². The molecule has 1 aliphatic rings. The topological polar surface area (TPSA) is 44.1 Å². The number of halogens is 1. The molecule has 0 saturated carbocycles. The van der Waals surface area contributed by atoms with Crippen molar-refractivity contribution in [3.8, 4) is 0 Å². The van der Waals surface area contributed by atoms with E-state index < -0.39 is 0 Å². The molecule has 1 saturated heterocycles. The summed E-state index contributed by atoms with van der Waals surface area (Å²) in [5, 5.41) is 4.32. The van der Waals surface area contributed by atoms with Crippen molar-refractivity contribution < 1.29 is 9.53 Å². The molecule has 4 nitrogen and oxygen atoms in total. The van der Waals surface area contributed by atoms with Crippen molar-refractivity contribution in [2.75, 3.05) is 6.61 Å². The second kappa shape index (κ2) is 4.45. The normalized spacial score (nSPS) is 21.6. The minimum Gasteiger partial charge on any atom is -0.356 e. The van der Waals surface area contributed by atoms with Gasteiger partial charge >= 0.3 is 0 Å². The largest absolute Gasteiger partial charge is 0.356 e. The van der Waals surface area contributed by atoms with Crippen LogP contribution in [-0.2, 0) is 4.74 Å². The van der Waals surface area contributed by atoms with Crippen molar-refractivity contribution in [1.82, 2.24) is 9.78 Å². The first-order valence-corrected chi connectivity index (χ1v) is 5.84. The van der Waals surface area contributed by atoms with Gasteiger partial charge in [-0.3, -0.25) is 4.79 Å². The van der Waals surface area contributed by atoms with Gasteiger partial charge in [-0.25, -0.2) is 4.68 Å². The zero-order chi connectivity index (χ0) is 10.8. The van der Waals surface area contributed by atoms with Crippen LogP contribution in [0.3, 0.4) is 0 Å². The first-order chi connectivity index (χ1) is 7.24. The lowest BCUT2D eigenvalue weighted by Crippen LogP contribution is -2.21. The average Bonchev–Trinajstić information content (AvgIpc) is 2.56. The molecule has 1 unspecified atom stereocenters. The fourth-order valence-corrected chi connectivity index (χ4v) is 2.14. The third-order valence-electron chi connectivity index (χ3n) is 2.59. The van der Waals surface area contributed by atoms with Crippen molar-refractivity contribution in [1.29, 1.82) is 0 Å². The molecular formula is C10H13BrN2O2. The van der Waals surface area contributed by atoms with E-state index in [9.17, 15) is 4.79 Å². The highest BCUT2D eigenvalue weighted by molar-refractivity contribution is 9.10. The summed E-state index contributed by atoms with van der Waals surface area (Å²) in [7, 11) is 0. The van der Waals surface area contributed by atoms with E-state index in [1.807, 2.05) is 6.92 Å². The van der Waals surface area contributed by atoms with Crippen LogP contribution in [0.4, 0.5) is 0 Å². The number of hydrogen-bond acceptors (Lipinski definition) is 3. The highest BCUT2D eigenvalue weighted by Crippen LogP contribution is 2.27. The van der Waals surface area contributed by atoms with Crippen molar-refractivity contribution >= 4 is 22.2 Å². The number of hydrogen-bond donors (Lipinski definition) is 0. The van der Waals surface area contributed by atoms with Gasteiger partial charge in [0.1, 0.15) is 5.69 Å². The van der Waals surface area contributed by atoms with Crippen LogP contribution in [0.15, 0.2) is 4.47 Å². The van der Waals surface area contributed by atoms with Crippen LogP contribution in [0.2, 0.25) is 0 Å². The lowest BCUT2D eigenvalue weighted by molar-refractivity contribution is -0.0404. The molecule has 82 valence electrons. The number of aryl methyl sites for hydroxylation is 1. The van der Waals surface area contributed by atoms with Crippen molar-refractivity contribution in [3.63, 3.8) is 0 Å². The first-order valence-electron chi connectivity index (χ1n) is 5.05. The van der Waals surface area contributed by atoms with Gasteiger partial charge in [-0.1, -0.05) is 0 Å². The number of nitrogens with zero attached hydrogens (tertiary/aromatic N) is 2. The van der Waals surface area contributed by atoms with Crippen LogP contribution in [0.5, 0.6) is 0 Å². The number of rotatable bonds is 2. The van der Waals surface area contributed by atoms with E-state index in [4.69, 9.17) is 4.74 Å². The van der Waals surface area contributed by atoms with Crippen molar-refractivity contribution in [2.45, 2.75) is 32.4 Å². The Morgan fingerprint density at radius 3 is 3.00 bits per heavy atom. The molecule has 1 aromatic rings. The zero-order valence-corrected chi connectivity index (χ0v) is 10.2. The maximum atomic E-state index is 11.0. The van der Waals surface area contributed by atoms with Gasteiger partial charge in [0.25, 0.3) is 0 Å². The van der Waals surface area contributed by atoms with Crippen LogP contribution < -0.4 is 0 Å². The molecule has 1 atom stereocenters. The summed E-state index contributed by atoms with van der Waals surface area (Å²) < 4.78 is 8.05. The monoisotopic (exact) mass is 272 g/mol. The molecule has 0 radical (unpaired) electrons. The highest BCUT2D eigenvalue weighted by atomic mass is 79.9. The van der Waals surface area contributed by atoms with Crippen LogP contribution in [0, 0.1) is 6.92 Å². The number of aldehydes is 1. The number of carbonyl (C=O) groups excluding carboxylic acids is 1. The van der Waals surface area contributed by atoms with E-state index in [1.165, 1.54) is 0 Å². The van der Waals surface area contributed by atoms with Gasteiger partial charge in [-0.15, -0.1) is 0 Å². The Balaban J connectivity index is 2.33. The quantitative estimate of drug-likeness (QED) is 0.777. The van der Waals surface area contributed by atoms with Crippen LogP contribution >= 0.6 is 15.9 Å². The molecule has 0 bridgehead atoms. The van der Waals surface area contributed by atoms with Gasteiger partial charge in [0.2, 0.25) is 0 Å². The Bertz CT molecular complexity index is 370. The maximum absolute atomic E-state index is 11.0. The summed E-state index contributed by atoms with van der Waals surface area (Å²) in [6, 6.07) is 0. The molecule has 2 heterocycles. The zero-order valence-electron chi connectivity index (χ0n) is 8.57. The molecule has 0 spiro atoms. The predicted octanol–water partition coefficient (Wildman–Crippen LogP) is 2.47. The third-order valence-corrected chi connectivity index (χ3v) is 3.57. The minimum atomic E-state index is -0.0797. The van der Waals surface area contributed by atoms with E-state index in [0.29, 0.717) is 5.69 Å². The lowest BCUT2D eigenvalue weighted by Gasteiger charge is -2.23. The van der Waals surface area contributed by atoms with E-state index in [0.717, 1.165) is 42.3 Å². The molecule has 0 N–H and O–H groups in total. The van der Waals surface area contributed by atoms with Gasteiger partial charge < -0.3 is 4.74 Å². The van der Waals surface area contributed by atoms with Crippen LogP contribution in [0.1, 0.15) is 41.7 Å². The van der Waals surface area contributed by atoms with Crippen LogP contribution in [-0.4, -0.2) is 22.7 Å². The second-order valence-corrected chi connectivity index (χ2v) is 4.46. The Hall–Kier alpha value is -0.680. The van der Waals surface area contributed by atoms with Gasteiger partial charge in [-0.2, -0.15) is 5.10 Å². The summed E-state index contributed by atoms with van der Waals surface area (Å²) >= 11 is 3.36. The molecule has 15 heavy (non-hydrogen) atoms. The Labute approximate surface area is 96.7 Å². The van der Waals surface area contributed by atoms with Crippen molar-refractivity contribution in [2.24, 2.45) is 0 Å². The molecular weight excluding hydrogens is 260 g/mol. The first kappa shape index (κ1) is 10.8. The molecule has 0 amide bonds. The van der Waals surface area contributed by atoms with E-state index in [2.05, 4.69) is 21.0 Å². The van der Waals surface area contributed by atoms with E-state index in [-0.39, 0.29) is 6.23 Å². The summed E-state index contributed by atoms with van der Waals surface area (Å²) in [4.78, 5) is 11.0. The molecule has 1 aliphatic heterocycles. The number of ether oxygens (including phenoxy) is 1. The van der Waals surface area contributed by atoms with Gasteiger partial charge in [0.15, 0.2) is 12.5 Å². The fourth-order valence-electron chi connectivity index (χ4n) is 1.79. The molecule has 2 rings (SSSR count). The SMILES string of the molecule is Cc1nn(C2CCCCO2)c(C=O)c1Br. The molecule has 1 fully saturated rings. The summed E-state index contributed by atoms with van der Waals surface area (Å²) in [5.74, 6) is 0. The molecule has 0 aliphatic carbocycles. The Morgan fingerprint density at radius 2 is 2.40 bits per heavy atom. The van der Waals surface area contributed by atoms with Crippen LogP contribution in [0.25, 0.3) is 0 Å². The van der Waals surface area contributed by atoms with Gasteiger partial charge in [-0.05, 0) is 42.1 Å². The summed E-state index contributed by atoms with van der Waals surface area (Å²) in [6.45, 7) is 2.62. The van der Waals surface area contributed by atoms with E-state index >= 15 is 0 Å². The average molecular weight is 273 g/mol. The highest BCUT2D eigenvalue weighted by Gasteiger charge is 2.22.